The number of aromatic nitrogens is 1. The predicted molar refractivity (Wildman–Crippen MR) is 126 cm³/mol. The molecular formula is C27H29N3O4. The van der Waals surface area contributed by atoms with Crippen molar-refractivity contribution >= 4 is 11.8 Å². The number of benzene rings is 1. The van der Waals surface area contributed by atoms with Crippen LogP contribution in [0.1, 0.15) is 58.6 Å². The summed E-state index contributed by atoms with van der Waals surface area (Å²) in [6.45, 7) is 5.04. The molecule has 1 spiro atoms. The first-order valence-corrected chi connectivity index (χ1v) is 11.7. The van der Waals surface area contributed by atoms with Crippen LogP contribution >= 0.6 is 0 Å². The van der Waals surface area contributed by atoms with Crippen LogP contribution in [0.15, 0.2) is 65.5 Å². The number of amides is 2. The summed E-state index contributed by atoms with van der Waals surface area (Å²) >= 11 is 0. The van der Waals surface area contributed by atoms with Crippen molar-refractivity contribution in [3.05, 3.63) is 89.1 Å². The average molecular weight is 460 g/mol. The minimum absolute atomic E-state index is 0.0729. The molecular weight excluding hydrogens is 430 g/mol. The highest BCUT2D eigenvalue weighted by Crippen LogP contribution is 2.52. The number of pyridine rings is 1. The number of hydrogen-bond acceptors (Lipinski definition) is 5. The van der Waals surface area contributed by atoms with Crippen LogP contribution in [0.2, 0.25) is 0 Å². The normalized spacial score (nSPS) is 20.8. The van der Waals surface area contributed by atoms with Gasteiger partial charge in [0.1, 0.15) is 0 Å². The highest BCUT2D eigenvalue weighted by Gasteiger charge is 2.54. The van der Waals surface area contributed by atoms with Gasteiger partial charge in [-0.05, 0) is 54.7 Å². The van der Waals surface area contributed by atoms with Crippen LogP contribution in [0.3, 0.4) is 0 Å². The molecule has 1 aliphatic carbocycles. The molecule has 3 heterocycles. The number of piperidine rings is 1. The van der Waals surface area contributed by atoms with Crippen molar-refractivity contribution in [1.29, 1.82) is 0 Å². The number of furan rings is 1. The van der Waals surface area contributed by atoms with E-state index in [1.807, 2.05) is 42.2 Å². The lowest BCUT2D eigenvalue weighted by Gasteiger charge is -2.44. The monoisotopic (exact) mass is 459 g/mol. The molecule has 7 heteroatoms. The maximum absolute atomic E-state index is 13.1. The maximum atomic E-state index is 13.1. The number of aryl methyl sites for hydroxylation is 1. The molecule has 2 atom stereocenters. The molecule has 0 bridgehead atoms. The lowest BCUT2D eigenvalue weighted by Crippen LogP contribution is -2.51. The van der Waals surface area contributed by atoms with E-state index >= 15 is 0 Å². The first-order chi connectivity index (χ1) is 16.5. The van der Waals surface area contributed by atoms with E-state index in [2.05, 4.69) is 22.4 Å². The summed E-state index contributed by atoms with van der Waals surface area (Å²) in [5.74, 6) is 0.246. The summed E-state index contributed by atoms with van der Waals surface area (Å²) in [4.78, 5) is 31.2. The zero-order chi connectivity index (χ0) is 23.7. The van der Waals surface area contributed by atoms with Crippen molar-refractivity contribution in [1.82, 2.24) is 15.2 Å². The van der Waals surface area contributed by atoms with Gasteiger partial charge in [0.2, 0.25) is 5.91 Å². The highest BCUT2D eigenvalue weighted by molar-refractivity contribution is 5.93. The van der Waals surface area contributed by atoms with E-state index in [4.69, 9.17) is 9.15 Å². The standard InChI is InChI=1S/C27H29N3O4/c1-18-9-16-33-24(18)26(32)30-14-10-27(11-15-30)22-6-4-3-5-21(22)23(29-19(2)31)25(27)34-17-20-7-12-28-13-8-20/h3-9,12-13,16,23,25H,10-11,14-15,17H2,1-2H3,(H,29,31)/t23-,25+/m1/s1. The van der Waals surface area contributed by atoms with E-state index in [-0.39, 0.29) is 29.4 Å². The smallest absolute Gasteiger partial charge is 0.289 e. The van der Waals surface area contributed by atoms with Gasteiger partial charge in [-0.1, -0.05) is 24.3 Å². The molecule has 3 aromatic rings. The summed E-state index contributed by atoms with van der Waals surface area (Å²) in [7, 11) is 0. The second kappa shape index (κ2) is 9.06. The molecule has 2 aromatic heterocycles. The topological polar surface area (TPSA) is 84.7 Å². The van der Waals surface area contributed by atoms with Crippen molar-refractivity contribution in [3.8, 4) is 0 Å². The number of nitrogens with one attached hydrogen (secondary N) is 1. The van der Waals surface area contributed by atoms with Crippen molar-refractivity contribution in [2.45, 2.75) is 50.9 Å². The third-order valence-electron chi connectivity index (χ3n) is 7.22. The molecule has 1 aromatic carbocycles. The third-order valence-corrected chi connectivity index (χ3v) is 7.22. The van der Waals surface area contributed by atoms with Crippen LogP contribution in [-0.4, -0.2) is 40.9 Å². The lowest BCUT2D eigenvalue weighted by molar-refractivity contribution is -0.122. The number of ether oxygens (including phenoxy) is 1. The third kappa shape index (κ3) is 3.90. The molecule has 1 N–H and O–H groups in total. The van der Waals surface area contributed by atoms with Crippen molar-refractivity contribution in [2.75, 3.05) is 13.1 Å². The quantitative estimate of drug-likeness (QED) is 0.625. The molecule has 0 radical (unpaired) electrons. The van der Waals surface area contributed by atoms with Gasteiger partial charge in [-0.25, -0.2) is 0 Å². The molecule has 176 valence electrons. The Labute approximate surface area is 199 Å². The van der Waals surface area contributed by atoms with Crippen LogP contribution in [-0.2, 0) is 21.6 Å². The van der Waals surface area contributed by atoms with Gasteiger partial charge in [-0.3, -0.25) is 14.6 Å². The largest absolute Gasteiger partial charge is 0.459 e. The Morgan fingerprint density at radius 1 is 1.15 bits per heavy atom. The van der Waals surface area contributed by atoms with E-state index in [9.17, 15) is 9.59 Å². The van der Waals surface area contributed by atoms with Gasteiger partial charge in [-0.15, -0.1) is 0 Å². The second-order valence-corrected chi connectivity index (χ2v) is 9.23. The zero-order valence-electron chi connectivity index (χ0n) is 19.5. The van der Waals surface area contributed by atoms with Gasteiger partial charge < -0.3 is 19.4 Å². The van der Waals surface area contributed by atoms with Gasteiger partial charge >= 0.3 is 0 Å². The minimum Gasteiger partial charge on any atom is -0.459 e. The molecule has 0 unspecified atom stereocenters. The zero-order valence-corrected chi connectivity index (χ0v) is 19.5. The van der Waals surface area contributed by atoms with Gasteiger partial charge in [0.05, 0.1) is 25.0 Å². The SMILES string of the molecule is CC(=O)N[C@@H]1c2ccccc2C2(CCN(C(=O)c3occc3C)CC2)[C@H]1OCc1ccncc1. The van der Waals surface area contributed by atoms with Gasteiger partial charge in [0.25, 0.3) is 5.91 Å². The first kappa shape index (κ1) is 22.3. The van der Waals surface area contributed by atoms with E-state index < -0.39 is 0 Å². The number of carbonyl (C=O) groups is 2. The van der Waals surface area contributed by atoms with Crippen LogP contribution in [0, 0.1) is 6.92 Å². The van der Waals surface area contributed by atoms with Gasteiger partial charge in [0, 0.05) is 43.4 Å². The Hall–Kier alpha value is -3.45. The van der Waals surface area contributed by atoms with E-state index in [1.165, 1.54) is 5.56 Å². The number of hydrogen-bond donors (Lipinski definition) is 1. The number of carbonyl (C=O) groups excluding carboxylic acids is 2. The van der Waals surface area contributed by atoms with E-state index in [0.29, 0.717) is 25.5 Å². The second-order valence-electron chi connectivity index (χ2n) is 9.23. The molecule has 1 aliphatic heterocycles. The molecule has 34 heavy (non-hydrogen) atoms. The molecule has 1 saturated heterocycles. The van der Waals surface area contributed by atoms with Crippen LogP contribution in [0.25, 0.3) is 0 Å². The lowest BCUT2D eigenvalue weighted by atomic mass is 9.71. The predicted octanol–water partition coefficient (Wildman–Crippen LogP) is 3.93. The molecule has 0 saturated carbocycles. The Morgan fingerprint density at radius 3 is 2.56 bits per heavy atom. The van der Waals surface area contributed by atoms with Crippen LogP contribution in [0.5, 0.6) is 0 Å². The van der Waals surface area contributed by atoms with Gasteiger partial charge in [-0.2, -0.15) is 0 Å². The number of rotatable bonds is 5. The summed E-state index contributed by atoms with van der Waals surface area (Å²) in [6.07, 6.45) is 6.31. The van der Waals surface area contributed by atoms with Crippen molar-refractivity contribution in [3.63, 3.8) is 0 Å². The Balaban J connectivity index is 1.45. The average Bonchev–Trinajstić information content (AvgIpc) is 3.38. The highest BCUT2D eigenvalue weighted by atomic mass is 16.5. The van der Waals surface area contributed by atoms with Crippen molar-refractivity contribution < 1.29 is 18.7 Å². The van der Waals surface area contributed by atoms with Gasteiger partial charge in [0.15, 0.2) is 5.76 Å². The summed E-state index contributed by atoms with van der Waals surface area (Å²) in [6, 6.07) is 13.7. The summed E-state index contributed by atoms with van der Waals surface area (Å²) < 4.78 is 12.1. The minimum atomic E-state index is -0.300. The molecule has 1 fully saturated rings. The summed E-state index contributed by atoms with van der Waals surface area (Å²) in [5, 5.41) is 3.15. The maximum Gasteiger partial charge on any atom is 0.289 e. The summed E-state index contributed by atoms with van der Waals surface area (Å²) in [5.41, 5.74) is 3.88. The Morgan fingerprint density at radius 2 is 1.88 bits per heavy atom. The van der Waals surface area contributed by atoms with Crippen LogP contribution < -0.4 is 5.32 Å². The fourth-order valence-corrected chi connectivity index (χ4v) is 5.55. The fraction of sp³-hybridized carbons (Fsp3) is 0.370. The van der Waals surface area contributed by atoms with Crippen LogP contribution in [0.4, 0.5) is 0 Å². The molecule has 7 nitrogen and oxygen atoms in total. The van der Waals surface area contributed by atoms with E-state index in [1.54, 1.807) is 25.6 Å². The van der Waals surface area contributed by atoms with Crippen molar-refractivity contribution in [2.24, 2.45) is 0 Å². The Kier molecular flexibility index (Phi) is 5.96. The van der Waals surface area contributed by atoms with E-state index in [0.717, 1.165) is 29.5 Å². The number of likely N-dealkylation sites (tertiary alicyclic amines) is 1. The molecule has 2 aliphatic rings. The fourth-order valence-electron chi connectivity index (χ4n) is 5.55. The molecule has 5 rings (SSSR count). The number of fused-ring (bicyclic) bond motifs is 2. The molecule has 2 amide bonds. The Bertz CT molecular complexity index is 1180. The number of nitrogens with zero attached hydrogens (tertiary/aromatic N) is 2. The first-order valence-electron chi connectivity index (χ1n) is 11.7.